The number of β-lactam (4-membered cyclic amide) rings is 1. The summed E-state index contributed by atoms with van der Waals surface area (Å²) in [5, 5.41) is 7.92. The Balaban J connectivity index is 2.23. The van der Waals surface area contributed by atoms with Crippen molar-refractivity contribution in [2.75, 3.05) is 0 Å². The highest BCUT2D eigenvalue weighted by Gasteiger charge is 2.70. The Labute approximate surface area is 137 Å². The maximum absolute atomic E-state index is 12.8. The number of aldehydes is 1. The number of carbonyl (C=O) groups is 3. The van der Waals surface area contributed by atoms with Gasteiger partial charge in [0.1, 0.15) is 4.75 Å². The van der Waals surface area contributed by atoms with Crippen molar-refractivity contribution in [1.82, 2.24) is 9.88 Å². The highest BCUT2D eigenvalue weighted by molar-refractivity contribution is 7.94. The molecular weight excluding hydrogens is 336 g/mol. The molecule has 2 aliphatic rings. The van der Waals surface area contributed by atoms with Crippen LogP contribution in [0.2, 0.25) is 0 Å². The molecule has 3 rings (SSSR count). The number of rotatable bonds is 3. The Morgan fingerprint density at radius 3 is 2.54 bits per heavy atom. The molecule has 0 bridgehead atoms. The third-order valence-corrected chi connectivity index (χ3v) is 7.25. The molecule has 3 heterocycles. The summed E-state index contributed by atoms with van der Waals surface area (Å²) in [4.78, 5) is 40.2. The lowest BCUT2D eigenvalue weighted by Crippen LogP contribution is -2.59. The van der Waals surface area contributed by atoms with E-state index in [1.807, 2.05) is 0 Å². The Bertz CT molecular complexity index is 888. The number of allylic oxidation sites excluding steroid dienone is 1. The van der Waals surface area contributed by atoms with Crippen LogP contribution in [0.5, 0.6) is 0 Å². The summed E-state index contributed by atoms with van der Waals surface area (Å²) < 4.78 is 23.9. The largest absolute Gasteiger partial charge is 0.480 e. The topological polar surface area (TPSA) is 122 Å². The summed E-state index contributed by atoms with van der Waals surface area (Å²) in [5.41, 5.74) is -0.185. The van der Waals surface area contributed by atoms with Crippen molar-refractivity contribution in [2.24, 2.45) is 0 Å². The van der Waals surface area contributed by atoms with Crippen LogP contribution in [-0.4, -0.2) is 57.7 Å². The van der Waals surface area contributed by atoms with Crippen LogP contribution in [0.4, 0.5) is 0 Å². The molecule has 1 unspecified atom stereocenters. The molecule has 1 N–H and O–H groups in total. The zero-order valence-electron chi connectivity index (χ0n) is 12.8. The highest BCUT2D eigenvalue weighted by atomic mass is 32.2. The van der Waals surface area contributed by atoms with E-state index in [1.165, 1.54) is 26.1 Å². The summed E-state index contributed by atoms with van der Waals surface area (Å²) in [6, 6.07) is 3.19. The summed E-state index contributed by atoms with van der Waals surface area (Å²) in [7, 11) is -4.03. The SMILES string of the molecule is CC1(C)[C@H](C(=O)O)N2C(=O)/C(=C(\C=O)c3ccccn3)C2S1(=O)=O. The number of fused-ring (bicyclic) bond motifs is 1. The predicted octanol–water partition coefficient (Wildman–Crippen LogP) is -0.137. The molecule has 24 heavy (non-hydrogen) atoms. The molecule has 0 aromatic carbocycles. The predicted molar refractivity (Wildman–Crippen MR) is 82.3 cm³/mol. The van der Waals surface area contributed by atoms with E-state index in [0.717, 1.165) is 4.90 Å². The van der Waals surface area contributed by atoms with Crippen molar-refractivity contribution in [2.45, 2.75) is 30.0 Å². The van der Waals surface area contributed by atoms with Crippen LogP contribution in [0.3, 0.4) is 0 Å². The minimum absolute atomic E-state index is 0.132. The number of sulfone groups is 1. The maximum atomic E-state index is 12.8. The number of carboxylic acids is 1. The molecular formula is C15H14N2O6S. The third-order valence-electron chi connectivity index (χ3n) is 4.51. The van der Waals surface area contributed by atoms with E-state index in [4.69, 9.17) is 0 Å². The molecule has 1 amide bonds. The number of hydrogen-bond acceptors (Lipinski definition) is 6. The number of carbonyl (C=O) groups excluding carboxylic acids is 2. The third kappa shape index (κ3) is 1.81. The van der Waals surface area contributed by atoms with Crippen LogP contribution < -0.4 is 0 Å². The van der Waals surface area contributed by atoms with Crippen molar-refractivity contribution in [3.63, 3.8) is 0 Å². The van der Waals surface area contributed by atoms with Gasteiger partial charge in [-0.15, -0.1) is 0 Å². The van der Waals surface area contributed by atoms with Gasteiger partial charge >= 0.3 is 5.97 Å². The zero-order valence-corrected chi connectivity index (χ0v) is 13.6. The fourth-order valence-electron chi connectivity index (χ4n) is 3.21. The van der Waals surface area contributed by atoms with E-state index >= 15 is 0 Å². The lowest BCUT2D eigenvalue weighted by atomic mass is 9.92. The molecule has 0 spiro atoms. The second kappa shape index (κ2) is 4.97. The van der Waals surface area contributed by atoms with E-state index < -0.39 is 37.9 Å². The quantitative estimate of drug-likeness (QED) is 0.457. The van der Waals surface area contributed by atoms with Gasteiger partial charge in [-0.2, -0.15) is 0 Å². The number of hydrogen-bond donors (Lipinski definition) is 1. The monoisotopic (exact) mass is 350 g/mol. The van der Waals surface area contributed by atoms with Gasteiger partial charge < -0.3 is 10.0 Å². The van der Waals surface area contributed by atoms with Crippen LogP contribution in [0, 0.1) is 0 Å². The van der Waals surface area contributed by atoms with E-state index in [0.29, 0.717) is 6.29 Å². The van der Waals surface area contributed by atoms with Crippen LogP contribution in [-0.2, 0) is 24.2 Å². The standard InChI is InChI=1S/C15H14N2O6S/c1-15(2)11(14(20)21)17-12(19)10(13(17)24(15,22)23)8(7-18)9-5-3-4-6-16-9/h3-7,11,13H,1-2H3,(H,20,21)/b10-8-/t11-,13?/m0/s1. The second-order valence-electron chi connectivity index (χ2n) is 6.11. The van der Waals surface area contributed by atoms with Gasteiger partial charge in [0.15, 0.2) is 27.5 Å². The van der Waals surface area contributed by atoms with Gasteiger partial charge in [-0.1, -0.05) is 6.07 Å². The summed E-state index contributed by atoms with van der Waals surface area (Å²) in [6.07, 6.45) is 1.79. The smallest absolute Gasteiger partial charge is 0.328 e. The number of amides is 1. The number of pyridine rings is 1. The minimum atomic E-state index is -4.03. The fourth-order valence-corrected chi connectivity index (χ4v) is 5.36. The van der Waals surface area contributed by atoms with E-state index in [9.17, 15) is 27.9 Å². The van der Waals surface area contributed by atoms with Crippen molar-refractivity contribution in [3.05, 3.63) is 35.7 Å². The first-order valence-electron chi connectivity index (χ1n) is 7.06. The van der Waals surface area contributed by atoms with Crippen LogP contribution in [0.1, 0.15) is 19.5 Å². The normalized spacial score (nSPS) is 28.8. The first-order valence-corrected chi connectivity index (χ1v) is 8.60. The van der Waals surface area contributed by atoms with Crippen molar-refractivity contribution < 1.29 is 27.9 Å². The molecule has 2 atom stereocenters. The molecule has 2 fully saturated rings. The van der Waals surface area contributed by atoms with Crippen molar-refractivity contribution in [1.29, 1.82) is 0 Å². The average molecular weight is 350 g/mol. The van der Waals surface area contributed by atoms with Gasteiger partial charge in [-0.25, -0.2) is 13.2 Å². The first-order chi connectivity index (χ1) is 11.2. The molecule has 1 aromatic heterocycles. The molecule has 2 aliphatic heterocycles. The molecule has 0 radical (unpaired) electrons. The lowest BCUT2D eigenvalue weighted by Gasteiger charge is -2.38. The van der Waals surface area contributed by atoms with Gasteiger partial charge in [0.05, 0.1) is 16.8 Å². The number of aliphatic carboxylic acids is 1. The number of carboxylic acid groups (broad SMARTS) is 1. The Morgan fingerprint density at radius 2 is 2.04 bits per heavy atom. The van der Waals surface area contributed by atoms with Crippen LogP contribution in [0.25, 0.3) is 5.57 Å². The highest BCUT2D eigenvalue weighted by Crippen LogP contribution is 2.49. The van der Waals surface area contributed by atoms with Crippen LogP contribution in [0.15, 0.2) is 30.0 Å². The second-order valence-corrected chi connectivity index (χ2v) is 8.70. The van der Waals surface area contributed by atoms with Gasteiger partial charge in [0.25, 0.3) is 5.91 Å². The number of aromatic nitrogens is 1. The molecule has 0 saturated carbocycles. The lowest BCUT2D eigenvalue weighted by molar-refractivity contribution is -0.152. The van der Waals surface area contributed by atoms with Gasteiger partial charge in [0, 0.05) is 6.20 Å². The number of nitrogens with zero attached hydrogens (tertiary/aromatic N) is 2. The summed E-state index contributed by atoms with van der Waals surface area (Å²) in [5.74, 6) is -2.17. The fraction of sp³-hybridized carbons (Fsp3) is 0.333. The molecule has 8 nitrogen and oxygen atoms in total. The van der Waals surface area contributed by atoms with E-state index in [-0.39, 0.29) is 16.8 Å². The first kappa shape index (κ1) is 16.3. The molecule has 1 aromatic rings. The molecule has 9 heteroatoms. The molecule has 126 valence electrons. The average Bonchev–Trinajstić information content (AvgIpc) is 2.67. The summed E-state index contributed by atoms with van der Waals surface area (Å²) >= 11 is 0. The van der Waals surface area contributed by atoms with Gasteiger partial charge in [-0.3, -0.25) is 14.6 Å². The zero-order chi connectivity index (χ0) is 17.9. The minimum Gasteiger partial charge on any atom is -0.480 e. The Morgan fingerprint density at radius 1 is 1.38 bits per heavy atom. The molecule has 2 saturated heterocycles. The molecule has 0 aliphatic carbocycles. The van der Waals surface area contributed by atoms with Gasteiger partial charge in [0.2, 0.25) is 0 Å². The van der Waals surface area contributed by atoms with E-state index in [1.54, 1.807) is 12.1 Å². The van der Waals surface area contributed by atoms with Crippen LogP contribution >= 0.6 is 0 Å². The van der Waals surface area contributed by atoms with E-state index in [2.05, 4.69) is 4.98 Å². The maximum Gasteiger partial charge on any atom is 0.328 e. The van der Waals surface area contributed by atoms with Gasteiger partial charge in [-0.05, 0) is 26.0 Å². The Kier molecular flexibility index (Phi) is 3.38. The Hall–Kier alpha value is -2.55. The summed E-state index contributed by atoms with van der Waals surface area (Å²) in [6.45, 7) is 2.54. The van der Waals surface area contributed by atoms with Crippen molar-refractivity contribution >= 4 is 33.6 Å². The van der Waals surface area contributed by atoms with Crippen molar-refractivity contribution in [3.8, 4) is 0 Å².